The van der Waals surface area contributed by atoms with Gasteiger partial charge in [-0.15, -0.1) is 0 Å². The van der Waals surface area contributed by atoms with E-state index in [1.54, 1.807) is 12.1 Å². The molecule has 3 unspecified atom stereocenters. The maximum atomic E-state index is 13.0. The normalized spacial score (nSPS) is 22.1. The van der Waals surface area contributed by atoms with Gasteiger partial charge in [0.1, 0.15) is 5.69 Å². The van der Waals surface area contributed by atoms with E-state index in [2.05, 4.69) is 26.7 Å². The fourth-order valence-corrected chi connectivity index (χ4v) is 5.29. The van der Waals surface area contributed by atoms with Crippen molar-refractivity contribution in [1.29, 1.82) is 0 Å². The highest BCUT2D eigenvalue weighted by molar-refractivity contribution is 6.28. The Balaban J connectivity index is 1.49. The molecule has 12 heteroatoms. The zero-order chi connectivity index (χ0) is 26.0. The number of halogens is 4. The van der Waals surface area contributed by atoms with Crippen LogP contribution in [0.5, 0.6) is 0 Å². The number of hydrogen-bond acceptors (Lipinski definition) is 8. The van der Waals surface area contributed by atoms with Crippen molar-refractivity contribution in [2.45, 2.75) is 57.5 Å². The Morgan fingerprint density at radius 1 is 1.22 bits per heavy atom. The van der Waals surface area contributed by atoms with E-state index in [4.69, 9.17) is 27.9 Å². The number of alkyl halides is 3. The van der Waals surface area contributed by atoms with Gasteiger partial charge < -0.3 is 15.4 Å². The second-order valence-electron chi connectivity index (χ2n) is 9.42. The average Bonchev–Trinajstić information content (AvgIpc) is 3.34. The van der Waals surface area contributed by atoms with Crippen LogP contribution >= 0.6 is 11.6 Å². The zero-order valence-corrected chi connectivity index (χ0v) is 21.3. The molecule has 0 aliphatic carbocycles. The van der Waals surface area contributed by atoms with Gasteiger partial charge in [0.05, 0.1) is 18.2 Å². The summed E-state index contributed by atoms with van der Waals surface area (Å²) in [5.74, 6) is 7.18. The van der Waals surface area contributed by atoms with E-state index < -0.39 is 11.7 Å². The second kappa shape index (κ2) is 11.0. The SMILES string of the molecule is CCC(c1ccc(C(F)(F)F)cc1)N1CCN(c2nc(Cl)nc(N(N)CC3CCCO3)c2N)C(C)C1. The van der Waals surface area contributed by atoms with Crippen LogP contribution < -0.4 is 21.5 Å². The highest BCUT2D eigenvalue weighted by Crippen LogP contribution is 2.36. The molecule has 4 N–H and O–H groups in total. The number of piperazine rings is 1. The molecule has 1 aromatic heterocycles. The number of benzene rings is 1. The highest BCUT2D eigenvalue weighted by atomic mass is 35.5. The number of nitrogens with zero attached hydrogens (tertiary/aromatic N) is 5. The summed E-state index contributed by atoms with van der Waals surface area (Å²) in [7, 11) is 0. The van der Waals surface area contributed by atoms with Crippen LogP contribution in [0, 0.1) is 0 Å². The molecule has 8 nitrogen and oxygen atoms in total. The van der Waals surface area contributed by atoms with Crippen LogP contribution in [0.1, 0.15) is 50.3 Å². The minimum atomic E-state index is -4.35. The van der Waals surface area contributed by atoms with E-state index in [9.17, 15) is 13.2 Å². The van der Waals surface area contributed by atoms with E-state index >= 15 is 0 Å². The number of hydrazine groups is 1. The predicted molar refractivity (Wildman–Crippen MR) is 135 cm³/mol. The van der Waals surface area contributed by atoms with E-state index in [-0.39, 0.29) is 23.5 Å². The first kappa shape index (κ1) is 26.7. The molecule has 2 fully saturated rings. The summed E-state index contributed by atoms with van der Waals surface area (Å²) in [6, 6.07) is 5.48. The summed E-state index contributed by atoms with van der Waals surface area (Å²) < 4.78 is 44.6. The van der Waals surface area contributed by atoms with Gasteiger partial charge in [-0.05, 0) is 55.5 Å². The molecule has 0 spiro atoms. The molecule has 2 saturated heterocycles. The summed E-state index contributed by atoms with van der Waals surface area (Å²) in [6.07, 6.45) is -1.63. The van der Waals surface area contributed by atoms with Crippen LogP contribution in [0.3, 0.4) is 0 Å². The first-order valence-corrected chi connectivity index (χ1v) is 12.6. The molecule has 3 atom stereocenters. The largest absolute Gasteiger partial charge is 0.416 e. The lowest BCUT2D eigenvalue weighted by Gasteiger charge is -2.44. The quantitative estimate of drug-likeness (QED) is 0.313. The van der Waals surface area contributed by atoms with Crippen molar-refractivity contribution >= 4 is 28.9 Å². The molecule has 0 saturated carbocycles. The summed E-state index contributed by atoms with van der Waals surface area (Å²) in [5, 5.41) is 1.53. The Hall–Kier alpha value is -2.34. The number of nitrogen functional groups attached to an aromatic ring is 1. The van der Waals surface area contributed by atoms with Crippen molar-refractivity contribution in [3.8, 4) is 0 Å². The standard InChI is InChI=1S/C24H33ClF3N7O/c1-3-19(16-6-8-17(9-7-16)24(26,27)28)33-10-11-34(15(2)13-33)21-20(29)22(32-23(25)31-21)35(30)14-18-5-4-12-36-18/h6-9,15,18-19H,3-5,10-14,29-30H2,1-2H3. The summed E-state index contributed by atoms with van der Waals surface area (Å²) >= 11 is 6.27. The van der Waals surface area contributed by atoms with Crippen LogP contribution in [0.15, 0.2) is 24.3 Å². The molecule has 0 radical (unpaired) electrons. The Morgan fingerprint density at radius 3 is 2.53 bits per heavy atom. The smallest absolute Gasteiger partial charge is 0.393 e. The van der Waals surface area contributed by atoms with Gasteiger partial charge >= 0.3 is 6.18 Å². The minimum absolute atomic E-state index is 0.00437. The van der Waals surface area contributed by atoms with Gasteiger partial charge in [-0.25, -0.2) is 5.84 Å². The van der Waals surface area contributed by atoms with Gasteiger partial charge in [-0.1, -0.05) is 19.1 Å². The lowest BCUT2D eigenvalue weighted by molar-refractivity contribution is -0.137. The Labute approximate surface area is 214 Å². The van der Waals surface area contributed by atoms with Crippen LogP contribution in [0.25, 0.3) is 0 Å². The summed E-state index contributed by atoms with van der Waals surface area (Å²) in [6.45, 7) is 7.25. The van der Waals surface area contributed by atoms with Crippen LogP contribution in [-0.4, -0.2) is 59.8 Å². The molecule has 2 aliphatic heterocycles. The maximum absolute atomic E-state index is 13.0. The second-order valence-corrected chi connectivity index (χ2v) is 9.76. The predicted octanol–water partition coefficient (Wildman–Crippen LogP) is 4.25. The number of anilines is 3. The lowest BCUT2D eigenvalue weighted by atomic mass is 9.99. The molecule has 36 heavy (non-hydrogen) atoms. The molecule has 2 aromatic rings. The first-order valence-electron chi connectivity index (χ1n) is 12.2. The molecular formula is C24H33ClF3N7O. The Morgan fingerprint density at radius 2 is 1.94 bits per heavy atom. The van der Waals surface area contributed by atoms with Gasteiger partial charge in [0.25, 0.3) is 0 Å². The van der Waals surface area contributed by atoms with Crippen molar-refractivity contribution in [1.82, 2.24) is 14.9 Å². The number of aromatic nitrogens is 2. The summed E-state index contributed by atoms with van der Waals surface area (Å²) in [5.41, 5.74) is 7.07. The van der Waals surface area contributed by atoms with Crippen molar-refractivity contribution in [2.24, 2.45) is 5.84 Å². The average molecular weight is 528 g/mol. The zero-order valence-electron chi connectivity index (χ0n) is 20.5. The van der Waals surface area contributed by atoms with Gasteiger partial charge in [0.2, 0.25) is 5.28 Å². The van der Waals surface area contributed by atoms with E-state index in [0.29, 0.717) is 43.5 Å². The molecule has 198 valence electrons. The number of nitrogens with two attached hydrogens (primary N) is 2. The first-order chi connectivity index (χ1) is 17.1. The van der Waals surface area contributed by atoms with Crippen LogP contribution in [0.2, 0.25) is 5.28 Å². The number of ether oxygens (including phenoxy) is 1. The third-order valence-corrected chi connectivity index (χ3v) is 7.12. The van der Waals surface area contributed by atoms with Crippen molar-refractivity contribution in [2.75, 3.05) is 48.4 Å². The number of rotatable bonds is 7. The fraction of sp³-hybridized carbons (Fsp3) is 0.583. The topological polar surface area (TPSA) is 96.8 Å². The van der Waals surface area contributed by atoms with Gasteiger partial charge in [0.15, 0.2) is 11.6 Å². The molecule has 3 heterocycles. The van der Waals surface area contributed by atoms with E-state index in [1.165, 1.54) is 5.01 Å². The van der Waals surface area contributed by atoms with Gasteiger partial charge in [0, 0.05) is 38.3 Å². The van der Waals surface area contributed by atoms with Crippen LogP contribution in [0.4, 0.5) is 30.5 Å². The van der Waals surface area contributed by atoms with Crippen molar-refractivity contribution < 1.29 is 17.9 Å². The Bertz CT molecular complexity index is 1030. The molecule has 0 bridgehead atoms. The van der Waals surface area contributed by atoms with Gasteiger partial charge in [-0.3, -0.25) is 9.91 Å². The van der Waals surface area contributed by atoms with Crippen LogP contribution in [-0.2, 0) is 10.9 Å². The molecule has 4 rings (SSSR count). The number of hydrogen-bond donors (Lipinski definition) is 2. The van der Waals surface area contributed by atoms with Crippen molar-refractivity contribution in [3.05, 3.63) is 40.7 Å². The molecule has 1 aromatic carbocycles. The van der Waals surface area contributed by atoms with E-state index in [0.717, 1.165) is 43.6 Å². The molecule has 2 aliphatic rings. The Kier molecular flexibility index (Phi) is 8.13. The highest BCUT2D eigenvalue weighted by Gasteiger charge is 2.33. The van der Waals surface area contributed by atoms with E-state index in [1.807, 2.05) is 6.92 Å². The molecular weight excluding hydrogens is 495 g/mol. The maximum Gasteiger partial charge on any atom is 0.416 e. The third-order valence-electron chi connectivity index (χ3n) is 6.96. The fourth-order valence-electron chi connectivity index (χ4n) is 5.13. The minimum Gasteiger partial charge on any atom is -0.393 e. The van der Waals surface area contributed by atoms with Crippen molar-refractivity contribution in [3.63, 3.8) is 0 Å². The molecule has 0 amide bonds. The van der Waals surface area contributed by atoms with Gasteiger partial charge in [-0.2, -0.15) is 23.1 Å². The lowest BCUT2D eigenvalue weighted by Crippen LogP contribution is -2.53. The summed E-state index contributed by atoms with van der Waals surface area (Å²) in [4.78, 5) is 13.1. The third kappa shape index (κ3) is 5.80. The monoisotopic (exact) mass is 527 g/mol.